The number of nitrogens with two attached hydrogens (primary N) is 1. The van der Waals surface area contributed by atoms with E-state index < -0.39 is 5.54 Å². The molecular weight excluding hydrogens is 286 g/mol. The van der Waals surface area contributed by atoms with E-state index in [0.717, 1.165) is 42.7 Å². The van der Waals surface area contributed by atoms with Crippen LogP contribution in [0.4, 0.5) is 0 Å². The Morgan fingerprint density at radius 3 is 2.76 bits per heavy atom. The van der Waals surface area contributed by atoms with Gasteiger partial charge in [0.15, 0.2) is 5.82 Å². The molecule has 21 heavy (non-hydrogen) atoms. The third-order valence-corrected chi connectivity index (χ3v) is 4.96. The maximum Gasteiger partial charge on any atom is 0.259 e. The molecule has 1 fully saturated rings. The monoisotopic (exact) mass is 305 g/mol. The van der Waals surface area contributed by atoms with E-state index in [1.165, 1.54) is 0 Å². The van der Waals surface area contributed by atoms with E-state index in [-0.39, 0.29) is 0 Å². The first-order chi connectivity index (χ1) is 9.99. The fourth-order valence-electron chi connectivity index (χ4n) is 2.85. The SMILES string of the molecule is Cc1cccc(-c2nc(C3(N)CCC(C)CC3)no2)c1Cl. The molecule has 0 saturated heterocycles. The summed E-state index contributed by atoms with van der Waals surface area (Å²) in [5.74, 6) is 1.77. The standard InChI is InChI=1S/C16H20ClN3O/c1-10-6-8-16(18,9-7-10)15-19-14(21-20-15)12-5-3-4-11(2)13(12)17/h3-5,10H,6-9,18H2,1-2H3. The van der Waals surface area contributed by atoms with Gasteiger partial charge in [0.1, 0.15) is 0 Å². The lowest BCUT2D eigenvalue weighted by molar-refractivity contribution is 0.230. The van der Waals surface area contributed by atoms with Crippen molar-refractivity contribution in [2.45, 2.75) is 45.1 Å². The van der Waals surface area contributed by atoms with Crippen molar-refractivity contribution in [3.63, 3.8) is 0 Å². The molecule has 1 aliphatic carbocycles. The molecule has 1 saturated carbocycles. The Balaban J connectivity index is 1.92. The van der Waals surface area contributed by atoms with E-state index in [2.05, 4.69) is 17.1 Å². The van der Waals surface area contributed by atoms with Crippen molar-refractivity contribution in [3.05, 3.63) is 34.6 Å². The Morgan fingerprint density at radius 1 is 1.33 bits per heavy atom. The zero-order chi connectivity index (χ0) is 15.0. The first-order valence-electron chi connectivity index (χ1n) is 7.38. The van der Waals surface area contributed by atoms with Gasteiger partial charge in [-0.3, -0.25) is 0 Å². The molecule has 2 aromatic rings. The average molecular weight is 306 g/mol. The van der Waals surface area contributed by atoms with Gasteiger partial charge in [-0.05, 0) is 50.2 Å². The van der Waals surface area contributed by atoms with Crippen molar-refractivity contribution in [2.75, 3.05) is 0 Å². The highest BCUT2D eigenvalue weighted by atomic mass is 35.5. The van der Waals surface area contributed by atoms with E-state index in [9.17, 15) is 0 Å². The minimum absolute atomic E-state index is 0.446. The first kappa shape index (κ1) is 14.5. The predicted octanol–water partition coefficient (Wildman–Crippen LogP) is 4.06. The molecule has 0 unspecified atom stereocenters. The number of nitrogens with zero attached hydrogens (tertiary/aromatic N) is 2. The zero-order valence-corrected chi connectivity index (χ0v) is 13.2. The predicted molar refractivity (Wildman–Crippen MR) is 83.0 cm³/mol. The Hall–Kier alpha value is -1.39. The molecule has 0 atom stereocenters. The molecule has 5 heteroatoms. The molecule has 0 bridgehead atoms. The van der Waals surface area contributed by atoms with Crippen molar-refractivity contribution in [1.29, 1.82) is 0 Å². The molecule has 112 valence electrons. The van der Waals surface area contributed by atoms with E-state index >= 15 is 0 Å². The summed E-state index contributed by atoms with van der Waals surface area (Å²) in [5, 5.41) is 4.76. The summed E-state index contributed by atoms with van der Waals surface area (Å²) in [4.78, 5) is 4.52. The van der Waals surface area contributed by atoms with Gasteiger partial charge in [0.2, 0.25) is 0 Å². The quantitative estimate of drug-likeness (QED) is 0.908. The van der Waals surface area contributed by atoms with Gasteiger partial charge in [-0.2, -0.15) is 4.98 Å². The molecule has 1 heterocycles. The normalized spacial score (nSPS) is 26.0. The van der Waals surface area contributed by atoms with E-state index in [0.29, 0.717) is 16.7 Å². The van der Waals surface area contributed by atoms with Gasteiger partial charge >= 0.3 is 0 Å². The van der Waals surface area contributed by atoms with Crippen molar-refractivity contribution >= 4 is 11.6 Å². The largest absolute Gasteiger partial charge is 0.334 e. The molecular formula is C16H20ClN3O. The Morgan fingerprint density at radius 2 is 2.05 bits per heavy atom. The first-order valence-corrected chi connectivity index (χ1v) is 7.76. The van der Waals surface area contributed by atoms with Crippen molar-refractivity contribution in [1.82, 2.24) is 10.1 Å². The van der Waals surface area contributed by atoms with E-state index in [1.807, 2.05) is 25.1 Å². The number of aromatic nitrogens is 2. The van der Waals surface area contributed by atoms with Crippen LogP contribution >= 0.6 is 11.6 Å². The number of aryl methyl sites for hydroxylation is 1. The van der Waals surface area contributed by atoms with Gasteiger partial charge in [0.05, 0.1) is 16.1 Å². The number of benzene rings is 1. The van der Waals surface area contributed by atoms with Crippen LogP contribution < -0.4 is 5.73 Å². The second-order valence-corrected chi connectivity index (χ2v) is 6.58. The van der Waals surface area contributed by atoms with Gasteiger partial charge in [-0.1, -0.05) is 35.8 Å². The maximum absolute atomic E-state index is 6.48. The highest BCUT2D eigenvalue weighted by Gasteiger charge is 2.36. The third-order valence-electron chi connectivity index (χ3n) is 4.46. The zero-order valence-electron chi connectivity index (χ0n) is 12.4. The minimum Gasteiger partial charge on any atom is -0.334 e. The highest BCUT2D eigenvalue weighted by Crippen LogP contribution is 2.37. The molecule has 1 aliphatic rings. The highest BCUT2D eigenvalue weighted by molar-refractivity contribution is 6.33. The number of halogens is 1. The van der Waals surface area contributed by atoms with Gasteiger partial charge in [0, 0.05) is 0 Å². The average Bonchev–Trinajstić information content (AvgIpc) is 2.96. The summed E-state index contributed by atoms with van der Waals surface area (Å²) in [6.45, 7) is 4.21. The molecule has 3 rings (SSSR count). The maximum atomic E-state index is 6.48. The Labute approximate surface area is 129 Å². The second kappa shape index (κ2) is 5.43. The third kappa shape index (κ3) is 2.70. The smallest absolute Gasteiger partial charge is 0.259 e. The summed E-state index contributed by atoms with van der Waals surface area (Å²) in [5.41, 5.74) is 7.77. The van der Waals surface area contributed by atoms with Crippen LogP contribution in [0.3, 0.4) is 0 Å². The molecule has 0 spiro atoms. The topological polar surface area (TPSA) is 64.9 Å². The number of rotatable bonds is 2. The molecule has 2 N–H and O–H groups in total. The summed E-state index contributed by atoms with van der Waals surface area (Å²) < 4.78 is 5.41. The molecule has 0 aliphatic heterocycles. The van der Waals surface area contributed by atoms with Gasteiger partial charge < -0.3 is 10.3 Å². The van der Waals surface area contributed by atoms with Crippen LogP contribution in [0.25, 0.3) is 11.5 Å². The molecule has 1 aromatic carbocycles. The fraction of sp³-hybridized carbons (Fsp3) is 0.500. The Bertz CT molecular complexity index is 645. The molecule has 1 aromatic heterocycles. The van der Waals surface area contributed by atoms with Gasteiger partial charge in [-0.15, -0.1) is 0 Å². The fourth-order valence-corrected chi connectivity index (χ4v) is 3.06. The molecule has 4 nitrogen and oxygen atoms in total. The lowest BCUT2D eigenvalue weighted by atomic mass is 9.77. The van der Waals surface area contributed by atoms with E-state index in [4.69, 9.17) is 21.9 Å². The van der Waals surface area contributed by atoms with Gasteiger partial charge in [-0.25, -0.2) is 0 Å². The van der Waals surface area contributed by atoms with Gasteiger partial charge in [0.25, 0.3) is 5.89 Å². The summed E-state index contributed by atoms with van der Waals surface area (Å²) in [6, 6.07) is 5.77. The summed E-state index contributed by atoms with van der Waals surface area (Å²) >= 11 is 6.32. The second-order valence-electron chi connectivity index (χ2n) is 6.20. The van der Waals surface area contributed by atoms with Crippen molar-refractivity contribution in [3.8, 4) is 11.5 Å². The van der Waals surface area contributed by atoms with Crippen LogP contribution in [-0.4, -0.2) is 10.1 Å². The van der Waals surface area contributed by atoms with Crippen molar-refractivity contribution < 1.29 is 4.52 Å². The lowest BCUT2D eigenvalue weighted by Crippen LogP contribution is -2.41. The number of hydrogen-bond donors (Lipinski definition) is 1. The van der Waals surface area contributed by atoms with Crippen LogP contribution in [0.5, 0.6) is 0 Å². The van der Waals surface area contributed by atoms with Crippen LogP contribution in [-0.2, 0) is 5.54 Å². The van der Waals surface area contributed by atoms with Crippen LogP contribution in [0.1, 0.15) is 44.0 Å². The summed E-state index contributed by atoms with van der Waals surface area (Å²) in [6.07, 6.45) is 4.00. The lowest BCUT2D eigenvalue weighted by Gasteiger charge is -2.33. The van der Waals surface area contributed by atoms with Crippen molar-refractivity contribution in [2.24, 2.45) is 11.7 Å². The van der Waals surface area contributed by atoms with Crippen LogP contribution in [0, 0.1) is 12.8 Å². The summed E-state index contributed by atoms with van der Waals surface area (Å²) in [7, 11) is 0. The Kier molecular flexibility index (Phi) is 3.76. The van der Waals surface area contributed by atoms with Crippen LogP contribution in [0.2, 0.25) is 5.02 Å². The van der Waals surface area contributed by atoms with E-state index in [1.54, 1.807) is 0 Å². The van der Waals surface area contributed by atoms with Crippen LogP contribution in [0.15, 0.2) is 22.7 Å². The minimum atomic E-state index is -0.468. The number of hydrogen-bond acceptors (Lipinski definition) is 4. The molecule has 0 radical (unpaired) electrons. The molecule has 0 amide bonds.